The molecule has 0 aromatic heterocycles. The Hall–Kier alpha value is -2.18. The number of hydrazine groups is 1. The molecule has 0 spiro atoms. The highest BCUT2D eigenvalue weighted by Gasteiger charge is 2.31. The molecule has 1 aliphatic heterocycles. The molecule has 0 aliphatic carbocycles. The van der Waals surface area contributed by atoms with E-state index in [0.717, 1.165) is 22.2 Å². The predicted molar refractivity (Wildman–Crippen MR) is 69.1 cm³/mol. The minimum atomic E-state index is -0.861. The first-order chi connectivity index (χ1) is 9.47. The van der Waals surface area contributed by atoms with Gasteiger partial charge in [0.2, 0.25) is 5.91 Å². The number of carboxylic acid groups (broad SMARTS) is 1. The Balaban J connectivity index is 2.53. The van der Waals surface area contributed by atoms with Gasteiger partial charge < -0.3 is 5.11 Å². The normalized spacial score (nSPS) is 13.9. The van der Waals surface area contributed by atoms with Crippen LogP contribution in [0.1, 0.15) is 39.0 Å². The summed E-state index contributed by atoms with van der Waals surface area (Å²) >= 11 is 0. The second kappa shape index (κ2) is 7.42. The zero-order chi connectivity index (χ0) is 15.1. The lowest BCUT2D eigenvalue weighted by atomic mass is 10.2. The summed E-state index contributed by atoms with van der Waals surface area (Å²) < 4.78 is 0. The lowest BCUT2D eigenvalue weighted by Crippen LogP contribution is -2.50. The van der Waals surface area contributed by atoms with Crippen LogP contribution < -0.4 is 0 Å². The summed E-state index contributed by atoms with van der Waals surface area (Å²) in [6, 6.07) is 0. The van der Waals surface area contributed by atoms with Crippen molar-refractivity contribution < 1.29 is 24.3 Å². The van der Waals surface area contributed by atoms with Crippen molar-refractivity contribution in [3.05, 3.63) is 12.2 Å². The van der Waals surface area contributed by atoms with Crippen molar-refractivity contribution in [2.45, 2.75) is 39.0 Å². The molecule has 0 bridgehead atoms. The molecule has 7 nitrogen and oxygen atoms in total. The maximum absolute atomic E-state index is 11.8. The maximum Gasteiger partial charge on any atom is 0.303 e. The van der Waals surface area contributed by atoms with Crippen LogP contribution in [-0.2, 0) is 19.2 Å². The Bertz CT molecular complexity index is 426. The first-order valence-electron chi connectivity index (χ1n) is 6.55. The third-order valence-electron chi connectivity index (χ3n) is 2.88. The largest absolute Gasteiger partial charge is 0.481 e. The number of carbonyl (C=O) groups is 4. The molecule has 1 aliphatic rings. The second-order valence-electron chi connectivity index (χ2n) is 4.40. The number of rotatable bonds is 8. The maximum atomic E-state index is 11.8. The molecule has 20 heavy (non-hydrogen) atoms. The monoisotopic (exact) mass is 282 g/mol. The Morgan fingerprint density at radius 2 is 1.75 bits per heavy atom. The molecule has 0 saturated heterocycles. The smallest absolute Gasteiger partial charge is 0.303 e. The van der Waals surface area contributed by atoms with Crippen LogP contribution in [0.25, 0.3) is 0 Å². The zero-order valence-corrected chi connectivity index (χ0v) is 11.4. The van der Waals surface area contributed by atoms with Gasteiger partial charge in [0.1, 0.15) is 0 Å². The Morgan fingerprint density at radius 3 is 2.25 bits per heavy atom. The minimum Gasteiger partial charge on any atom is -0.481 e. The molecule has 110 valence electrons. The Labute approximate surface area is 116 Å². The molecule has 7 heteroatoms. The van der Waals surface area contributed by atoms with E-state index in [4.69, 9.17) is 5.11 Å². The van der Waals surface area contributed by atoms with Crippen LogP contribution in [0.4, 0.5) is 0 Å². The summed E-state index contributed by atoms with van der Waals surface area (Å²) in [6.07, 6.45) is 4.17. The number of imide groups is 1. The number of hydrogen-bond donors (Lipinski definition) is 1. The van der Waals surface area contributed by atoms with Gasteiger partial charge in [0.25, 0.3) is 11.8 Å². The van der Waals surface area contributed by atoms with Crippen molar-refractivity contribution in [3.63, 3.8) is 0 Å². The third-order valence-corrected chi connectivity index (χ3v) is 2.88. The van der Waals surface area contributed by atoms with Crippen LogP contribution in [0.5, 0.6) is 0 Å². The fourth-order valence-corrected chi connectivity index (χ4v) is 1.86. The number of carbonyl (C=O) groups excluding carboxylic acids is 3. The van der Waals surface area contributed by atoms with Crippen LogP contribution in [0, 0.1) is 0 Å². The van der Waals surface area contributed by atoms with E-state index in [2.05, 4.69) is 0 Å². The van der Waals surface area contributed by atoms with E-state index in [-0.39, 0.29) is 25.3 Å². The molecular weight excluding hydrogens is 264 g/mol. The fourth-order valence-electron chi connectivity index (χ4n) is 1.86. The average molecular weight is 282 g/mol. The highest BCUT2D eigenvalue weighted by atomic mass is 16.4. The molecule has 1 N–H and O–H groups in total. The summed E-state index contributed by atoms with van der Waals surface area (Å²) in [7, 11) is 0. The van der Waals surface area contributed by atoms with Crippen molar-refractivity contribution in [1.29, 1.82) is 0 Å². The summed E-state index contributed by atoms with van der Waals surface area (Å²) in [4.78, 5) is 45.3. The number of hydrogen-bond acceptors (Lipinski definition) is 4. The molecule has 1 heterocycles. The molecule has 0 aromatic carbocycles. The lowest BCUT2D eigenvalue weighted by Gasteiger charge is -2.29. The molecule has 0 unspecified atom stereocenters. The molecule has 0 radical (unpaired) electrons. The van der Waals surface area contributed by atoms with Gasteiger partial charge in [0.05, 0.1) is 0 Å². The number of unbranched alkanes of at least 4 members (excludes halogenated alkanes) is 2. The van der Waals surface area contributed by atoms with Gasteiger partial charge in [-0.05, 0) is 12.8 Å². The second-order valence-corrected chi connectivity index (χ2v) is 4.40. The third kappa shape index (κ3) is 4.18. The lowest BCUT2D eigenvalue weighted by molar-refractivity contribution is -0.167. The van der Waals surface area contributed by atoms with E-state index in [1.54, 1.807) is 6.92 Å². The van der Waals surface area contributed by atoms with E-state index < -0.39 is 17.8 Å². The standard InChI is InChI=1S/C13H18N2O5/c1-2-10(16)14(9-5-3-4-6-13(19)20)15-11(17)7-8-12(15)18/h7-8H,2-6,9H2,1H3,(H,19,20). The van der Waals surface area contributed by atoms with Crippen molar-refractivity contribution in [2.24, 2.45) is 0 Å². The predicted octanol–water partition coefficient (Wildman–Crippen LogP) is 0.710. The van der Waals surface area contributed by atoms with E-state index in [0.29, 0.717) is 19.3 Å². The van der Waals surface area contributed by atoms with Gasteiger partial charge in [0, 0.05) is 31.5 Å². The number of amides is 3. The van der Waals surface area contributed by atoms with Gasteiger partial charge in [-0.25, -0.2) is 5.01 Å². The van der Waals surface area contributed by atoms with Crippen LogP contribution in [0.3, 0.4) is 0 Å². The first kappa shape index (κ1) is 15.9. The van der Waals surface area contributed by atoms with Gasteiger partial charge in [-0.2, -0.15) is 5.01 Å². The van der Waals surface area contributed by atoms with E-state index in [9.17, 15) is 19.2 Å². The van der Waals surface area contributed by atoms with E-state index in [1.165, 1.54) is 0 Å². The molecule has 3 amide bonds. The van der Waals surface area contributed by atoms with Crippen LogP contribution in [0.15, 0.2) is 12.2 Å². The van der Waals surface area contributed by atoms with Gasteiger partial charge in [-0.15, -0.1) is 0 Å². The van der Waals surface area contributed by atoms with Crippen LogP contribution in [-0.4, -0.2) is 45.4 Å². The zero-order valence-electron chi connectivity index (χ0n) is 11.4. The fraction of sp³-hybridized carbons (Fsp3) is 0.538. The Kier molecular flexibility index (Phi) is 5.89. The highest BCUT2D eigenvalue weighted by Crippen LogP contribution is 2.12. The van der Waals surface area contributed by atoms with Gasteiger partial charge in [-0.1, -0.05) is 13.3 Å². The quantitative estimate of drug-likeness (QED) is 0.522. The average Bonchev–Trinajstić information content (AvgIpc) is 2.73. The minimum absolute atomic E-state index is 0.0743. The van der Waals surface area contributed by atoms with Crippen molar-refractivity contribution in [1.82, 2.24) is 10.0 Å². The van der Waals surface area contributed by atoms with Gasteiger partial charge >= 0.3 is 5.97 Å². The van der Waals surface area contributed by atoms with Crippen molar-refractivity contribution in [2.75, 3.05) is 6.54 Å². The topological polar surface area (TPSA) is 95.0 Å². The van der Waals surface area contributed by atoms with Crippen molar-refractivity contribution >= 4 is 23.7 Å². The molecule has 0 aromatic rings. The number of aliphatic carboxylic acids is 1. The molecule has 0 saturated carbocycles. The van der Waals surface area contributed by atoms with Crippen LogP contribution in [0.2, 0.25) is 0 Å². The summed E-state index contributed by atoms with van der Waals surface area (Å²) in [6.45, 7) is 1.88. The molecular formula is C13H18N2O5. The summed E-state index contributed by atoms with van der Waals surface area (Å²) in [5.74, 6) is -2.22. The number of nitrogens with zero attached hydrogens (tertiary/aromatic N) is 2. The molecule has 0 fully saturated rings. The number of carboxylic acids is 1. The molecule has 1 rings (SSSR count). The van der Waals surface area contributed by atoms with Gasteiger partial charge in [-0.3, -0.25) is 19.2 Å². The summed E-state index contributed by atoms with van der Waals surface area (Å²) in [5.41, 5.74) is 0. The highest BCUT2D eigenvalue weighted by molar-refractivity contribution is 6.13. The molecule has 0 atom stereocenters. The summed E-state index contributed by atoms with van der Waals surface area (Å²) in [5, 5.41) is 10.5. The SMILES string of the molecule is CCC(=O)N(CCCCCC(=O)O)N1C(=O)C=CC1=O. The van der Waals surface area contributed by atoms with Gasteiger partial charge in [0.15, 0.2) is 0 Å². The first-order valence-corrected chi connectivity index (χ1v) is 6.55. The van der Waals surface area contributed by atoms with Crippen molar-refractivity contribution in [3.8, 4) is 0 Å². The van der Waals surface area contributed by atoms with E-state index in [1.807, 2.05) is 0 Å². The van der Waals surface area contributed by atoms with E-state index >= 15 is 0 Å². The Morgan fingerprint density at radius 1 is 1.15 bits per heavy atom. The van der Waals surface area contributed by atoms with Crippen LogP contribution >= 0.6 is 0 Å².